The number of nitrogens with two attached hydrogens (primary N) is 1. The number of rotatable bonds is 2. The number of hydrogen-bond donors (Lipinski definition) is 1. The highest BCUT2D eigenvalue weighted by atomic mass is 79.9. The molecule has 80 valence electrons. The summed E-state index contributed by atoms with van der Waals surface area (Å²) in [5.74, 6) is -0.602. The average molecular weight is 278 g/mol. The van der Waals surface area contributed by atoms with Gasteiger partial charge in [-0.15, -0.1) is 0 Å². The second kappa shape index (κ2) is 4.40. The van der Waals surface area contributed by atoms with Crippen molar-refractivity contribution < 1.29 is 4.79 Å². The van der Waals surface area contributed by atoms with Gasteiger partial charge in [-0.2, -0.15) is 0 Å². The molecule has 1 amide bonds. The van der Waals surface area contributed by atoms with E-state index in [9.17, 15) is 4.79 Å². The fourth-order valence-electron chi connectivity index (χ4n) is 1.29. The van der Waals surface area contributed by atoms with Crippen molar-refractivity contribution in [2.45, 2.75) is 0 Å². The Bertz CT molecular complexity index is 542. The van der Waals surface area contributed by atoms with Crippen molar-refractivity contribution in [1.82, 2.24) is 9.97 Å². The summed E-state index contributed by atoms with van der Waals surface area (Å²) in [6.07, 6.45) is 1.52. The van der Waals surface area contributed by atoms with Crippen molar-refractivity contribution in [2.24, 2.45) is 5.73 Å². The summed E-state index contributed by atoms with van der Waals surface area (Å²) in [5.41, 5.74) is 6.69. The SMILES string of the molecule is NC(=O)c1nccc(-c2cccc(Br)c2)n1. The number of carbonyl (C=O) groups is 1. The molecule has 0 atom stereocenters. The number of carbonyl (C=O) groups excluding carboxylic acids is 1. The van der Waals surface area contributed by atoms with Crippen LogP contribution in [0.3, 0.4) is 0 Å². The van der Waals surface area contributed by atoms with E-state index in [1.807, 2.05) is 24.3 Å². The molecule has 2 rings (SSSR count). The van der Waals surface area contributed by atoms with E-state index in [1.54, 1.807) is 6.07 Å². The lowest BCUT2D eigenvalue weighted by Crippen LogP contribution is -2.15. The van der Waals surface area contributed by atoms with E-state index < -0.39 is 5.91 Å². The van der Waals surface area contributed by atoms with Crippen LogP contribution in [0, 0.1) is 0 Å². The predicted octanol–water partition coefficient (Wildman–Crippen LogP) is 2.00. The van der Waals surface area contributed by atoms with Gasteiger partial charge in [-0.3, -0.25) is 4.79 Å². The van der Waals surface area contributed by atoms with Gasteiger partial charge in [0.1, 0.15) is 0 Å². The van der Waals surface area contributed by atoms with Crippen molar-refractivity contribution in [3.63, 3.8) is 0 Å². The minimum Gasteiger partial charge on any atom is -0.363 e. The third kappa shape index (κ3) is 2.25. The molecular formula is C11H8BrN3O. The van der Waals surface area contributed by atoms with E-state index in [0.717, 1.165) is 10.0 Å². The van der Waals surface area contributed by atoms with Crippen molar-refractivity contribution >= 4 is 21.8 Å². The first-order valence-electron chi connectivity index (χ1n) is 4.55. The van der Waals surface area contributed by atoms with Crippen LogP contribution in [-0.2, 0) is 0 Å². The van der Waals surface area contributed by atoms with Crippen LogP contribution in [0.4, 0.5) is 0 Å². The smallest absolute Gasteiger partial charge is 0.286 e. The van der Waals surface area contributed by atoms with Gasteiger partial charge < -0.3 is 5.73 Å². The highest BCUT2D eigenvalue weighted by molar-refractivity contribution is 9.10. The predicted molar refractivity (Wildman–Crippen MR) is 63.7 cm³/mol. The number of benzene rings is 1. The summed E-state index contributed by atoms with van der Waals surface area (Å²) in [6.45, 7) is 0. The maximum Gasteiger partial charge on any atom is 0.286 e. The highest BCUT2D eigenvalue weighted by Gasteiger charge is 2.06. The molecule has 0 aliphatic heterocycles. The zero-order chi connectivity index (χ0) is 11.5. The average Bonchev–Trinajstić information content (AvgIpc) is 2.29. The van der Waals surface area contributed by atoms with E-state index >= 15 is 0 Å². The number of amides is 1. The van der Waals surface area contributed by atoms with Crippen LogP contribution in [0.25, 0.3) is 11.3 Å². The lowest BCUT2D eigenvalue weighted by Gasteiger charge is -2.02. The molecule has 4 nitrogen and oxygen atoms in total. The maximum atomic E-state index is 10.9. The van der Waals surface area contributed by atoms with Crippen LogP contribution in [-0.4, -0.2) is 15.9 Å². The molecule has 2 N–H and O–H groups in total. The van der Waals surface area contributed by atoms with Crippen LogP contribution < -0.4 is 5.73 Å². The normalized spacial score (nSPS) is 10.1. The van der Waals surface area contributed by atoms with Crippen molar-refractivity contribution in [2.75, 3.05) is 0 Å². The Morgan fingerprint density at radius 2 is 2.12 bits per heavy atom. The first-order chi connectivity index (χ1) is 7.66. The molecule has 0 bridgehead atoms. The Labute approximate surface area is 101 Å². The zero-order valence-corrected chi connectivity index (χ0v) is 9.81. The van der Waals surface area contributed by atoms with E-state index in [0.29, 0.717) is 5.69 Å². The second-order valence-corrected chi connectivity index (χ2v) is 4.06. The molecule has 1 aromatic carbocycles. The molecule has 0 saturated carbocycles. The van der Waals surface area contributed by atoms with Crippen LogP contribution in [0.2, 0.25) is 0 Å². The van der Waals surface area contributed by atoms with Crippen LogP contribution in [0.15, 0.2) is 41.0 Å². The monoisotopic (exact) mass is 277 g/mol. The summed E-state index contributed by atoms with van der Waals surface area (Å²) in [4.78, 5) is 18.8. The number of hydrogen-bond acceptors (Lipinski definition) is 3. The molecule has 0 spiro atoms. The third-order valence-corrected chi connectivity index (χ3v) is 2.49. The Morgan fingerprint density at radius 3 is 2.81 bits per heavy atom. The number of nitrogens with zero attached hydrogens (tertiary/aromatic N) is 2. The highest BCUT2D eigenvalue weighted by Crippen LogP contribution is 2.20. The van der Waals surface area contributed by atoms with Crippen LogP contribution >= 0.6 is 15.9 Å². The number of aromatic nitrogens is 2. The molecular weight excluding hydrogens is 270 g/mol. The van der Waals surface area contributed by atoms with E-state index in [-0.39, 0.29) is 5.82 Å². The van der Waals surface area contributed by atoms with Gasteiger partial charge in [0, 0.05) is 16.2 Å². The first kappa shape index (κ1) is 10.8. The second-order valence-electron chi connectivity index (χ2n) is 3.14. The van der Waals surface area contributed by atoms with Crippen LogP contribution in [0.1, 0.15) is 10.6 Å². The van der Waals surface area contributed by atoms with Gasteiger partial charge in [0.25, 0.3) is 5.91 Å². The topological polar surface area (TPSA) is 68.9 Å². The largest absolute Gasteiger partial charge is 0.363 e. The van der Waals surface area contributed by atoms with Crippen molar-refractivity contribution in [1.29, 1.82) is 0 Å². The molecule has 0 aliphatic carbocycles. The number of primary amides is 1. The van der Waals surface area contributed by atoms with Gasteiger partial charge in [0.05, 0.1) is 5.69 Å². The Morgan fingerprint density at radius 1 is 1.31 bits per heavy atom. The summed E-state index contributed by atoms with van der Waals surface area (Å²) in [7, 11) is 0. The molecule has 0 aliphatic rings. The molecule has 5 heteroatoms. The van der Waals surface area contributed by atoms with Crippen molar-refractivity contribution in [3.8, 4) is 11.3 Å². The molecule has 0 saturated heterocycles. The lowest BCUT2D eigenvalue weighted by atomic mass is 10.1. The van der Waals surface area contributed by atoms with Gasteiger partial charge in [-0.1, -0.05) is 28.1 Å². The summed E-state index contributed by atoms with van der Waals surface area (Å²) in [6, 6.07) is 9.35. The molecule has 16 heavy (non-hydrogen) atoms. The van der Waals surface area contributed by atoms with E-state index in [1.165, 1.54) is 6.20 Å². The quantitative estimate of drug-likeness (QED) is 0.913. The maximum absolute atomic E-state index is 10.9. The molecule has 0 unspecified atom stereocenters. The van der Waals surface area contributed by atoms with Crippen molar-refractivity contribution in [3.05, 3.63) is 46.8 Å². The Kier molecular flexibility index (Phi) is 2.96. The third-order valence-electron chi connectivity index (χ3n) is 2.00. The minimum atomic E-state index is -0.628. The van der Waals surface area contributed by atoms with Gasteiger partial charge in [-0.25, -0.2) is 9.97 Å². The first-order valence-corrected chi connectivity index (χ1v) is 5.35. The molecule has 2 aromatic rings. The van der Waals surface area contributed by atoms with E-state index in [2.05, 4.69) is 25.9 Å². The number of halogens is 1. The van der Waals surface area contributed by atoms with Gasteiger partial charge in [-0.05, 0) is 18.2 Å². The summed E-state index contributed by atoms with van der Waals surface area (Å²) < 4.78 is 0.948. The molecule has 1 aromatic heterocycles. The molecule has 0 fully saturated rings. The van der Waals surface area contributed by atoms with Gasteiger partial charge in [0.15, 0.2) is 0 Å². The molecule has 1 heterocycles. The summed E-state index contributed by atoms with van der Waals surface area (Å²) >= 11 is 3.37. The van der Waals surface area contributed by atoms with Gasteiger partial charge >= 0.3 is 0 Å². The van der Waals surface area contributed by atoms with Crippen LogP contribution in [0.5, 0.6) is 0 Å². The fraction of sp³-hybridized carbons (Fsp3) is 0. The lowest BCUT2D eigenvalue weighted by molar-refractivity contribution is 0.0990. The Hall–Kier alpha value is -1.75. The Balaban J connectivity index is 2.48. The van der Waals surface area contributed by atoms with E-state index in [4.69, 9.17) is 5.73 Å². The standard InChI is InChI=1S/C11H8BrN3O/c12-8-3-1-2-7(6-8)9-4-5-14-11(15-9)10(13)16/h1-6H,(H2,13,16). The van der Waals surface area contributed by atoms with Gasteiger partial charge in [0.2, 0.25) is 5.82 Å². The summed E-state index contributed by atoms with van der Waals surface area (Å²) in [5, 5.41) is 0. The molecule has 0 radical (unpaired) electrons. The zero-order valence-electron chi connectivity index (χ0n) is 8.22. The fourth-order valence-corrected chi connectivity index (χ4v) is 1.69. The minimum absolute atomic E-state index is 0.0254.